The van der Waals surface area contributed by atoms with Crippen LogP contribution in [0.15, 0.2) is 55.1 Å². The molecule has 1 aromatic heterocycles. The Morgan fingerprint density at radius 2 is 1.80 bits per heavy atom. The van der Waals surface area contributed by atoms with E-state index in [0.29, 0.717) is 40.4 Å². The summed E-state index contributed by atoms with van der Waals surface area (Å²) in [5.74, 6) is -0.0530. The van der Waals surface area contributed by atoms with Crippen molar-refractivity contribution in [2.45, 2.75) is 50.6 Å². The Morgan fingerprint density at radius 3 is 2.51 bits per heavy atom. The van der Waals surface area contributed by atoms with Gasteiger partial charge in [-0.05, 0) is 93.1 Å². The highest BCUT2D eigenvalue weighted by atomic mass is 19.1. The molecule has 2 bridgehead atoms. The predicted molar refractivity (Wildman–Crippen MR) is 173 cm³/mol. The van der Waals surface area contributed by atoms with E-state index in [1.165, 1.54) is 13.2 Å². The maximum Gasteiger partial charge on any atom is 0.319 e. The number of halogens is 2. The summed E-state index contributed by atoms with van der Waals surface area (Å²) in [5, 5.41) is 1.83. The molecule has 0 amide bonds. The number of aromatic nitrogens is 2. The van der Waals surface area contributed by atoms with Gasteiger partial charge in [0.2, 0.25) is 0 Å². The van der Waals surface area contributed by atoms with Gasteiger partial charge in [-0.2, -0.15) is 9.97 Å². The van der Waals surface area contributed by atoms with Crippen molar-refractivity contribution < 1.29 is 23.0 Å². The van der Waals surface area contributed by atoms with Crippen molar-refractivity contribution in [1.29, 1.82) is 0 Å². The number of benzene rings is 3. The minimum Gasteiger partial charge on any atom is -0.468 e. The van der Waals surface area contributed by atoms with Crippen LogP contribution in [0.3, 0.4) is 0 Å². The normalized spacial score (nSPS) is 21.9. The Kier molecular flexibility index (Phi) is 7.86. The van der Waals surface area contributed by atoms with Crippen LogP contribution in [0.1, 0.15) is 38.5 Å². The van der Waals surface area contributed by atoms with E-state index in [9.17, 15) is 0 Å². The molecule has 7 nitrogen and oxygen atoms in total. The maximum absolute atomic E-state index is 17.0. The van der Waals surface area contributed by atoms with Gasteiger partial charge < -0.3 is 24.0 Å². The zero-order valence-electron chi connectivity index (χ0n) is 26.2. The number of methoxy groups -OCH3 is 1. The van der Waals surface area contributed by atoms with Gasteiger partial charge >= 0.3 is 6.01 Å². The molecule has 1 unspecified atom stereocenters. The van der Waals surface area contributed by atoms with Crippen LogP contribution < -0.4 is 14.4 Å². The minimum atomic E-state index is -0.751. The zero-order chi connectivity index (χ0) is 31.3. The van der Waals surface area contributed by atoms with E-state index in [1.54, 1.807) is 6.07 Å². The summed E-state index contributed by atoms with van der Waals surface area (Å²) in [6, 6.07) is 12.7. The number of ether oxygens (including phenoxy) is 3. The van der Waals surface area contributed by atoms with Gasteiger partial charge in [-0.15, -0.1) is 6.58 Å². The molecule has 4 aromatic rings. The lowest BCUT2D eigenvalue weighted by Gasteiger charge is -2.51. The van der Waals surface area contributed by atoms with Crippen LogP contribution >= 0.6 is 0 Å². The van der Waals surface area contributed by atoms with Crippen molar-refractivity contribution in [3.05, 3.63) is 66.8 Å². The van der Waals surface area contributed by atoms with E-state index in [-0.39, 0.29) is 41.4 Å². The quantitative estimate of drug-likeness (QED) is 0.129. The molecule has 1 atom stereocenters. The van der Waals surface area contributed by atoms with Crippen molar-refractivity contribution in [3.63, 3.8) is 0 Å². The first-order valence-corrected chi connectivity index (χ1v) is 15.8. The average molecular weight is 615 g/mol. The molecule has 9 heteroatoms. The standard InChI is InChI=1S/C36H40F2N4O3/c1-5-30-22-10-12-24(13-11-22)42(30)34-28-18-29(37)31(27-17-25(45-21-43-4)16-23-8-6-7-9-26(23)27)32(38)33(28)39-35(40-34)44-20-36(14-15-36)19-41(2)3/h5-9,16-18,22,24,30H,1,10-15,19-21H2,2-4H3/t22-,24+,30?. The Labute approximate surface area is 262 Å². The number of nitrogens with zero attached hydrogens (tertiary/aromatic N) is 4. The lowest BCUT2D eigenvalue weighted by Crippen LogP contribution is -2.55. The van der Waals surface area contributed by atoms with Gasteiger partial charge in [0.15, 0.2) is 12.6 Å². The third kappa shape index (κ3) is 5.50. The van der Waals surface area contributed by atoms with Gasteiger partial charge in [0, 0.05) is 30.5 Å². The Bertz CT molecular complexity index is 1750. The molecule has 0 spiro atoms. The molecule has 4 aliphatic rings. The largest absolute Gasteiger partial charge is 0.468 e. The van der Waals surface area contributed by atoms with Gasteiger partial charge in [-0.25, -0.2) is 8.78 Å². The molecular formula is C36H40F2N4O3. The lowest BCUT2D eigenvalue weighted by molar-refractivity contribution is 0.0512. The van der Waals surface area contributed by atoms with E-state index >= 15 is 8.78 Å². The van der Waals surface area contributed by atoms with Crippen LogP contribution in [0.4, 0.5) is 14.6 Å². The zero-order valence-corrected chi connectivity index (χ0v) is 26.2. The van der Waals surface area contributed by atoms with Crippen molar-refractivity contribution in [2.24, 2.45) is 11.3 Å². The summed E-state index contributed by atoms with van der Waals surface area (Å²) in [6.45, 7) is 5.48. The topological polar surface area (TPSA) is 60.0 Å². The molecule has 0 N–H and O–H groups in total. The monoisotopic (exact) mass is 614 g/mol. The molecule has 2 aliphatic carbocycles. The van der Waals surface area contributed by atoms with E-state index < -0.39 is 11.6 Å². The van der Waals surface area contributed by atoms with Crippen molar-refractivity contribution in [2.75, 3.05) is 46.0 Å². The van der Waals surface area contributed by atoms with Crippen molar-refractivity contribution in [1.82, 2.24) is 14.9 Å². The fourth-order valence-corrected chi connectivity index (χ4v) is 7.59. The van der Waals surface area contributed by atoms with Crippen molar-refractivity contribution >= 4 is 27.5 Å². The SMILES string of the molecule is C=CC1[C@H]2CC[C@H](CC2)N1c1nc(OCC2(CN(C)C)CC2)nc2c(F)c(-c3cc(OCOC)cc4ccccc34)c(F)cc12. The van der Waals surface area contributed by atoms with E-state index in [0.717, 1.165) is 50.5 Å². The van der Waals surface area contributed by atoms with Crippen LogP contribution in [-0.2, 0) is 4.74 Å². The van der Waals surface area contributed by atoms with Crippen LogP contribution in [0.5, 0.6) is 11.8 Å². The second-order valence-electron chi connectivity index (χ2n) is 13.2. The molecule has 2 aliphatic heterocycles. The van der Waals surface area contributed by atoms with Gasteiger partial charge in [-0.3, -0.25) is 0 Å². The second kappa shape index (κ2) is 11.8. The molecular weight excluding hydrogens is 574 g/mol. The third-order valence-electron chi connectivity index (χ3n) is 9.83. The first-order chi connectivity index (χ1) is 21.8. The summed E-state index contributed by atoms with van der Waals surface area (Å²) in [5.41, 5.74) is 0.288. The molecule has 2 saturated heterocycles. The highest BCUT2D eigenvalue weighted by Crippen LogP contribution is 2.48. The van der Waals surface area contributed by atoms with Crippen molar-refractivity contribution in [3.8, 4) is 22.9 Å². The Hall–Kier alpha value is -3.82. The van der Waals surface area contributed by atoms with Crippen LogP contribution in [0.25, 0.3) is 32.8 Å². The maximum atomic E-state index is 17.0. The first kappa shape index (κ1) is 29.9. The number of fused-ring (bicyclic) bond motifs is 5. The molecule has 8 rings (SSSR count). The number of rotatable bonds is 11. The second-order valence-corrected chi connectivity index (χ2v) is 13.2. The van der Waals surface area contributed by atoms with Gasteiger partial charge in [0.1, 0.15) is 22.9 Å². The summed E-state index contributed by atoms with van der Waals surface area (Å²) >= 11 is 0. The molecule has 2 saturated carbocycles. The number of piperidine rings is 2. The summed E-state index contributed by atoms with van der Waals surface area (Å²) in [4.78, 5) is 13.9. The summed E-state index contributed by atoms with van der Waals surface area (Å²) < 4.78 is 50.5. The van der Waals surface area contributed by atoms with Gasteiger partial charge in [-0.1, -0.05) is 30.3 Å². The Balaban J connectivity index is 1.41. The van der Waals surface area contributed by atoms with E-state index in [1.807, 2.05) is 36.4 Å². The van der Waals surface area contributed by atoms with E-state index in [2.05, 4.69) is 35.5 Å². The highest BCUT2D eigenvalue weighted by Gasteiger charge is 2.45. The minimum absolute atomic E-state index is 0.00945. The summed E-state index contributed by atoms with van der Waals surface area (Å²) in [6.07, 6.45) is 8.30. The van der Waals surface area contributed by atoms with Gasteiger partial charge in [0.05, 0.1) is 18.2 Å². The molecule has 4 fully saturated rings. The average Bonchev–Trinajstić information content (AvgIpc) is 3.81. The van der Waals surface area contributed by atoms with E-state index in [4.69, 9.17) is 19.2 Å². The molecule has 3 heterocycles. The molecule has 45 heavy (non-hydrogen) atoms. The fraction of sp³-hybridized carbons (Fsp3) is 0.444. The molecule has 3 aromatic carbocycles. The number of anilines is 1. The first-order valence-electron chi connectivity index (χ1n) is 15.8. The smallest absolute Gasteiger partial charge is 0.319 e. The van der Waals surface area contributed by atoms with Crippen LogP contribution in [0, 0.1) is 23.0 Å². The van der Waals surface area contributed by atoms with Crippen LogP contribution in [-0.4, -0.2) is 68.1 Å². The highest BCUT2D eigenvalue weighted by molar-refractivity contribution is 6.01. The van der Waals surface area contributed by atoms with Crippen LogP contribution in [0.2, 0.25) is 0 Å². The Morgan fingerprint density at radius 1 is 1.02 bits per heavy atom. The number of hydrogen-bond acceptors (Lipinski definition) is 7. The summed E-state index contributed by atoms with van der Waals surface area (Å²) in [7, 11) is 5.63. The number of hydrogen-bond donors (Lipinski definition) is 0. The van der Waals surface area contributed by atoms with Gasteiger partial charge in [0.25, 0.3) is 0 Å². The third-order valence-corrected chi connectivity index (χ3v) is 9.83. The lowest BCUT2D eigenvalue weighted by atomic mass is 9.74. The molecule has 0 radical (unpaired) electrons. The fourth-order valence-electron chi connectivity index (χ4n) is 7.59. The predicted octanol–water partition coefficient (Wildman–Crippen LogP) is 7.36. The molecule has 236 valence electrons.